The first kappa shape index (κ1) is 12.9. The lowest BCUT2D eigenvalue weighted by Gasteiger charge is -2.32. The third kappa shape index (κ3) is 2.36. The van der Waals surface area contributed by atoms with Crippen molar-refractivity contribution in [3.8, 4) is 0 Å². The highest BCUT2D eigenvalue weighted by atomic mass is 79.9. The van der Waals surface area contributed by atoms with Crippen LogP contribution in [0.2, 0.25) is 0 Å². The first-order valence-corrected chi connectivity index (χ1v) is 7.63. The van der Waals surface area contributed by atoms with Gasteiger partial charge in [0, 0.05) is 16.7 Å². The Morgan fingerprint density at radius 3 is 2.63 bits per heavy atom. The van der Waals surface area contributed by atoms with Crippen molar-refractivity contribution in [3.05, 3.63) is 16.7 Å². The Bertz CT molecular complexity index is 597. The molecule has 2 unspecified atom stereocenters. The van der Waals surface area contributed by atoms with Crippen LogP contribution in [0, 0.1) is 11.8 Å². The van der Waals surface area contributed by atoms with Gasteiger partial charge < -0.3 is 5.73 Å². The molecule has 4 nitrogen and oxygen atoms in total. The van der Waals surface area contributed by atoms with Crippen molar-refractivity contribution >= 4 is 33.0 Å². The van der Waals surface area contributed by atoms with Gasteiger partial charge in [0.15, 0.2) is 5.65 Å². The van der Waals surface area contributed by atoms with E-state index < -0.39 is 0 Å². The van der Waals surface area contributed by atoms with Gasteiger partial charge >= 0.3 is 0 Å². The molecule has 2 aromatic rings. The number of nitrogen functional groups attached to an aromatic ring is 1. The molecule has 0 spiro atoms. The van der Waals surface area contributed by atoms with Gasteiger partial charge in [-0.15, -0.1) is 0 Å². The summed E-state index contributed by atoms with van der Waals surface area (Å²) in [6.45, 7) is 4.64. The lowest BCUT2D eigenvalue weighted by atomic mass is 9.80. The number of hydrogen-bond acceptors (Lipinski definition) is 3. The molecule has 3 rings (SSSR count). The number of aromatic nitrogens is 3. The minimum Gasteiger partial charge on any atom is -0.369 e. The first-order valence-electron chi connectivity index (χ1n) is 6.83. The SMILES string of the molecule is CC1CC(C)CC(n2c(N)nc3cc(Br)cnc32)C1. The monoisotopic (exact) mass is 322 g/mol. The van der Waals surface area contributed by atoms with Crippen LogP contribution in [0.5, 0.6) is 0 Å². The van der Waals surface area contributed by atoms with Gasteiger partial charge in [-0.05, 0) is 53.1 Å². The molecule has 1 aliphatic rings. The Kier molecular flexibility index (Phi) is 3.25. The summed E-state index contributed by atoms with van der Waals surface area (Å²) in [6, 6.07) is 2.41. The molecule has 0 aromatic carbocycles. The van der Waals surface area contributed by atoms with Gasteiger partial charge in [-0.2, -0.15) is 0 Å². The number of nitrogens with zero attached hydrogens (tertiary/aromatic N) is 3. The number of rotatable bonds is 1. The minimum absolute atomic E-state index is 0.428. The second-order valence-electron chi connectivity index (χ2n) is 5.91. The minimum atomic E-state index is 0.428. The molecule has 5 heteroatoms. The van der Waals surface area contributed by atoms with E-state index in [1.165, 1.54) is 6.42 Å². The van der Waals surface area contributed by atoms with Gasteiger partial charge in [0.2, 0.25) is 5.95 Å². The summed E-state index contributed by atoms with van der Waals surface area (Å²) in [5.74, 6) is 2.06. The van der Waals surface area contributed by atoms with Gasteiger partial charge in [0.25, 0.3) is 0 Å². The van der Waals surface area contributed by atoms with E-state index in [1.807, 2.05) is 12.3 Å². The summed E-state index contributed by atoms with van der Waals surface area (Å²) in [6.07, 6.45) is 5.45. The van der Waals surface area contributed by atoms with Crippen LogP contribution in [-0.2, 0) is 0 Å². The van der Waals surface area contributed by atoms with Gasteiger partial charge in [-0.25, -0.2) is 9.97 Å². The van der Waals surface area contributed by atoms with Crippen molar-refractivity contribution in [1.82, 2.24) is 14.5 Å². The summed E-state index contributed by atoms with van der Waals surface area (Å²) < 4.78 is 3.07. The van der Waals surface area contributed by atoms with E-state index in [2.05, 4.69) is 44.3 Å². The molecule has 0 aliphatic heterocycles. The summed E-state index contributed by atoms with van der Waals surface area (Å²) >= 11 is 3.43. The Hall–Kier alpha value is -1.10. The number of pyridine rings is 1. The average Bonchev–Trinajstić information content (AvgIpc) is 2.62. The van der Waals surface area contributed by atoms with E-state index in [0.717, 1.165) is 40.3 Å². The summed E-state index contributed by atoms with van der Waals surface area (Å²) in [5, 5.41) is 0. The topological polar surface area (TPSA) is 56.7 Å². The number of halogens is 1. The van der Waals surface area contributed by atoms with E-state index in [1.54, 1.807) is 0 Å². The van der Waals surface area contributed by atoms with E-state index in [0.29, 0.717) is 12.0 Å². The Morgan fingerprint density at radius 2 is 1.95 bits per heavy atom. The Labute approximate surface area is 121 Å². The number of fused-ring (bicyclic) bond motifs is 1. The quantitative estimate of drug-likeness (QED) is 0.869. The van der Waals surface area contributed by atoms with Crippen molar-refractivity contribution in [2.75, 3.05) is 5.73 Å². The predicted octanol–water partition coefficient (Wildman–Crippen LogP) is 3.77. The van der Waals surface area contributed by atoms with Crippen LogP contribution in [0.3, 0.4) is 0 Å². The molecular weight excluding hydrogens is 304 g/mol. The summed E-state index contributed by atoms with van der Waals surface area (Å²) in [4.78, 5) is 8.95. The van der Waals surface area contributed by atoms with Crippen LogP contribution < -0.4 is 5.73 Å². The van der Waals surface area contributed by atoms with E-state index in [9.17, 15) is 0 Å². The van der Waals surface area contributed by atoms with Gasteiger partial charge in [0.05, 0.1) is 0 Å². The fourth-order valence-corrected chi connectivity index (χ4v) is 3.77. The van der Waals surface area contributed by atoms with Crippen LogP contribution in [-0.4, -0.2) is 14.5 Å². The van der Waals surface area contributed by atoms with Crippen LogP contribution in [0.1, 0.15) is 39.2 Å². The van der Waals surface area contributed by atoms with E-state index >= 15 is 0 Å². The maximum absolute atomic E-state index is 6.12. The largest absolute Gasteiger partial charge is 0.369 e. The molecule has 2 heterocycles. The molecule has 2 aromatic heterocycles. The van der Waals surface area contributed by atoms with Gasteiger partial charge in [0.1, 0.15) is 5.52 Å². The fourth-order valence-electron chi connectivity index (χ4n) is 3.45. The molecule has 102 valence electrons. The van der Waals surface area contributed by atoms with Gasteiger partial charge in [-0.3, -0.25) is 4.57 Å². The van der Waals surface area contributed by atoms with Crippen LogP contribution in [0.15, 0.2) is 16.7 Å². The maximum atomic E-state index is 6.12. The third-order valence-corrected chi connectivity index (χ3v) is 4.48. The molecule has 1 fully saturated rings. The highest BCUT2D eigenvalue weighted by Crippen LogP contribution is 2.38. The molecule has 2 atom stereocenters. The lowest BCUT2D eigenvalue weighted by Crippen LogP contribution is -2.23. The first-order chi connectivity index (χ1) is 9.04. The molecule has 2 N–H and O–H groups in total. The van der Waals surface area contributed by atoms with Gasteiger partial charge in [-0.1, -0.05) is 13.8 Å². The smallest absolute Gasteiger partial charge is 0.202 e. The number of imidazole rings is 1. The summed E-state index contributed by atoms with van der Waals surface area (Å²) in [7, 11) is 0. The third-order valence-electron chi connectivity index (χ3n) is 4.04. The Balaban J connectivity index is 2.06. The normalized spacial score (nSPS) is 27.8. The zero-order valence-corrected chi connectivity index (χ0v) is 12.9. The molecule has 0 amide bonds. The Morgan fingerprint density at radius 1 is 1.26 bits per heavy atom. The van der Waals surface area contributed by atoms with Crippen molar-refractivity contribution in [2.24, 2.45) is 11.8 Å². The zero-order chi connectivity index (χ0) is 13.6. The van der Waals surface area contributed by atoms with E-state index in [-0.39, 0.29) is 0 Å². The number of hydrogen-bond donors (Lipinski definition) is 1. The average molecular weight is 323 g/mol. The van der Waals surface area contributed by atoms with Crippen LogP contribution in [0.25, 0.3) is 11.2 Å². The number of nitrogens with two attached hydrogens (primary N) is 1. The number of anilines is 1. The molecule has 0 saturated heterocycles. The van der Waals surface area contributed by atoms with Crippen molar-refractivity contribution in [2.45, 2.75) is 39.2 Å². The molecular formula is C14H19BrN4. The second kappa shape index (κ2) is 4.78. The molecule has 1 aliphatic carbocycles. The van der Waals surface area contributed by atoms with E-state index in [4.69, 9.17) is 5.73 Å². The molecule has 0 radical (unpaired) electrons. The lowest BCUT2D eigenvalue weighted by molar-refractivity contribution is 0.226. The molecule has 0 bridgehead atoms. The van der Waals surface area contributed by atoms with Crippen molar-refractivity contribution < 1.29 is 0 Å². The zero-order valence-electron chi connectivity index (χ0n) is 11.3. The van der Waals surface area contributed by atoms with Crippen LogP contribution >= 0.6 is 15.9 Å². The van der Waals surface area contributed by atoms with Crippen molar-refractivity contribution in [1.29, 1.82) is 0 Å². The predicted molar refractivity (Wildman–Crippen MR) is 80.9 cm³/mol. The van der Waals surface area contributed by atoms with Crippen LogP contribution in [0.4, 0.5) is 5.95 Å². The van der Waals surface area contributed by atoms with Crippen molar-refractivity contribution in [3.63, 3.8) is 0 Å². The highest BCUT2D eigenvalue weighted by Gasteiger charge is 2.28. The second-order valence-corrected chi connectivity index (χ2v) is 6.82. The maximum Gasteiger partial charge on any atom is 0.202 e. The molecule has 1 saturated carbocycles. The standard InChI is InChI=1S/C14H19BrN4/c1-8-3-9(2)5-11(4-8)19-13-12(18-14(19)16)6-10(15)7-17-13/h6-9,11H,3-5H2,1-2H3,(H2,16,18). The summed E-state index contributed by atoms with van der Waals surface area (Å²) in [5.41, 5.74) is 7.90. The molecule has 19 heavy (non-hydrogen) atoms. The fraction of sp³-hybridized carbons (Fsp3) is 0.571. The highest BCUT2D eigenvalue weighted by molar-refractivity contribution is 9.10.